The van der Waals surface area contributed by atoms with Crippen LogP contribution in [0.4, 0.5) is 11.4 Å². The lowest BCUT2D eigenvalue weighted by molar-refractivity contribution is 0.293. The van der Waals surface area contributed by atoms with Crippen LogP contribution < -0.4 is 20.1 Å². The fourth-order valence-electron chi connectivity index (χ4n) is 4.37. The Balaban J connectivity index is 1.32. The third-order valence-electron chi connectivity index (χ3n) is 6.33. The van der Waals surface area contributed by atoms with Gasteiger partial charge >= 0.3 is 0 Å². The molecule has 0 aliphatic carbocycles. The van der Waals surface area contributed by atoms with Crippen LogP contribution in [0.2, 0.25) is 0 Å². The molecule has 3 aromatic carbocycles. The van der Waals surface area contributed by atoms with Gasteiger partial charge < -0.3 is 25.1 Å². The molecule has 7 nitrogen and oxygen atoms in total. The summed E-state index contributed by atoms with van der Waals surface area (Å²) in [6.45, 7) is 2.08. The molecule has 0 amide bonds. The molecule has 0 fully saturated rings. The molecule has 5 rings (SSSR count). The van der Waals surface area contributed by atoms with Crippen molar-refractivity contribution in [3.8, 4) is 28.7 Å². The summed E-state index contributed by atoms with van der Waals surface area (Å²) in [5, 5.41) is 17.8. The number of fused-ring (bicyclic) bond motifs is 1. The predicted molar refractivity (Wildman–Crippen MR) is 151 cm³/mol. The third kappa shape index (κ3) is 5.77. The number of ether oxygens (including phenoxy) is 2. The van der Waals surface area contributed by atoms with Crippen LogP contribution in [0.1, 0.15) is 11.1 Å². The Morgan fingerprint density at radius 2 is 1.84 bits per heavy atom. The summed E-state index contributed by atoms with van der Waals surface area (Å²) < 4.78 is 11.6. The van der Waals surface area contributed by atoms with E-state index in [1.165, 1.54) is 5.56 Å². The standard InChI is InChI=1S/C31H29N5O2/c1-37-29-10-7-23(18-30(29)38-16-15-33-13-11-22-5-3-2-4-6-22)27-21-34-20-25(19-32)31(27)36-26-8-9-28-24(17-26)12-14-35-28/h2-10,12,14,17-18,20-21,33,35H,11,13,15-16H2,1H3,(H,34,36). The van der Waals surface area contributed by atoms with Gasteiger partial charge in [-0.25, -0.2) is 0 Å². The second-order valence-corrected chi connectivity index (χ2v) is 8.83. The monoisotopic (exact) mass is 503 g/mol. The summed E-state index contributed by atoms with van der Waals surface area (Å²) in [6.07, 6.45) is 6.21. The predicted octanol–water partition coefficient (Wildman–Crippen LogP) is 6.06. The SMILES string of the molecule is COc1ccc(-c2cncc(C#N)c2Nc2ccc3[nH]ccc3c2)cc1OCCNCCc1ccccc1. The number of rotatable bonds is 11. The normalized spacial score (nSPS) is 10.7. The van der Waals surface area contributed by atoms with Gasteiger partial charge in [0.05, 0.1) is 18.4 Å². The molecular weight excluding hydrogens is 474 g/mol. The Morgan fingerprint density at radius 1 is 0.947 bits per heavy atom. The second kappa shape index (κ2) is 12.0. The number of pyridine rings is 1. The Kier molecular flexibility index (Phi) is 7.83. The quantitative estimate of drug-likeness (QED) is 0.190. The van der Waals surface area contributed by atoms with E-state index in [0.29, 0.717) is 35.9 Å². The maximum absolute atomic E-state index is 9.82. The van der Waals surface area contributed by atoms with Crippen LogP contribution in [0.15, 0.2) is 91.4 Å². The molecule has 190 valence electrons. The zero-order valence-corrected chi connectivity index (χ0v) is 21.2. The van der Waals surface area contributed by atoms with Gasteiger partial charge in [-0.2, -0.15) is 5.26 Å². The van der Waals surface area contributed by atoms with Crippen molar-refractivity contribution in [2.75, 3.05) is 32.1 Å². The van der Waals surface area contributed by atoms with E-state index in [-0.39, 0.29) is 0 Å². The summed E-state index contributed by atoms with van der Waals surface area (Å²) in [5.74, 6) is 1.28. The van der Waals surface area contributed by atoms with Crippen LogP contribution in [0, 0.1) is 11.3 Å². The molecule has 0 aliphatic heterocycles. The lowest BCUT2D eigenvalue weighted by atomic mass is 10.0. The lowest BCUT2D eigenvalue weighted by Gasteiger charge is -2.16. The minimum atomic E-state index is 0.456. The topological polar surface area (TPSA) is 95.0 Å². The minimum absolute atomic E-state index is 0.456. The molecule has 3 N–H and O–H groups in total. The van der Waals surface area contributed by atoms with Crippen LogP contribution in [-0.4, -0.2) is 36.8 Å². The van der Waals surface area contributed by atoms with Crippen molar-refractivity contribution < 1.29 is 9.47 Å². The summed E-state index contributed by atoms with van der Waals surface area (Å²) in [7, 11) is 1.63. The van der Waals surface area contributed by atoms with E-state index in [2.05, 4.69) is 50.9 Å². The number of methoxy groups -OCH3 is 1. The van der Waals surface area contributed by atoms with Crippen molar-refractivity contribution in [3.63, 3.8) is 0 Å². The highest BCUT2D eigenvalue weighted by molar-refractivity contribution is 5.88. The molecule has 2 aromatic heterocycles. The highest BCUT2D eigenvalue weighted by Gasteiger charge is 2.15. The Labute approximate surface area is 222 Å². The number of H-pyrrole nitrogens is 1. The van der Waals surface area contributed by atoms with E-state index < -0.39 is 0 Å². The van der Waals surface area contributed by atoms with Crippen molar-refractivity contribution in [2.45, 2.75) is 6.42 Å². The van der Waals surface area contributed by atoms with Crippen LogP contribution >= 0.6 is 0 Å². The first kappa shape index (κ1) is 24.9. The molecule has 0 atom stereocenters. The zero-order valence-electron chi connectivity index (χ0n) is 21.2. The second-order valence-electron chi connectivity index (χ2n) is 8.83. The largest absolute Gasteiger partial charge is 0.493 e. The van der Waals surface area contributed by atoms with Crippen molar-refractivity contribution in [2.24, 2.45) is 0 Å². The highest BCUT2D eigenvalue weighted by Crippen LogP contribution is 2.37. The van der Waals surface area contributed by atoms with Gasteiger partial charge in [0.15, 0.2) is 11.5 Å². The number of nitrogens with zero attached hydrogens (tertiary/aromatic N) is 2. The minimum Gasteiger partial charge on any atom is -0.493 e. The summed E-state index contributed by atoms with van der Waals surface area (Å²) in [5.41, 5.74) is 6.05. The molecule has 0 aliphatic rings. The molecule has 0 saturated carbocycles. The van der Waals surface area contributed by atoms with E-state index in [4.69, 9.17) is 9.47 Å². The van der Waals surface area contributed by atoms with Gasteiger partial charge in [0.25, 0.3) is 0 Å². The summed E-state index contributed by atoms with van der Waals surface area (Å²) in [6, 6.07) is 26.5. The molecule has 7 heteroatoms. The molecule has 0 saturated heterocycles. The first-order valence-corrected chi connectivity index (χ1v) is 12.5. The van der Waals surface area contributed by atoms with Gasteiger partial charge in [-0.1, -0.05) is 36.4 Å². The number of aromatic amines is 1. The number of nitriles is 1. The first-order chi connectivity index (χ1) is 18.7. The van der Waals surface area contributed by atoms with E-state index >= 15 is 0 Å². The summed E-state index contributed by atoms with van der Waals surface area (Å²) >= 11 is 0. The number of hydrogen-bond acceptors (Lipinski definition) is 6. The number of hydrogen-bond donors (Lipinski definition) is 3. The molecule has 0 unspecified atom stereocenters. The smallest absolute Gasteiger partial charge is 0.161 e. The molecular formula is C31H29N5O2. The average Bonchev–Trinajstić information content (AvgIpc) is 3.43. The number of benzene rings is 3. The highest BCUT2D eigenvalue weighted by atomic mass is 16.5. The first-order valence-electron chi connectivity index (χ1n) is 12.5. The van der Waals surface area contributed by atoms with E-state index in [1.807, 2.05) is 54.7 Å². The lowest BCUT2D eigenvalue weighted by Crippen LogP contribution is -2.23. The van der Waals surface area contributed by atoms with Gasteiger partial charge in [0.1, 0.15) is 12.7 Å². The molecule has 0 bridgehead atoms. The van der Waals surface area contributed by atoms with Crippen molar-refractivity contribution >= 4 is 22.3 Å². The molecule has 2 heterocycles. The summed E-state index contributed by atoms with van der Waals surface area (Å²) in [4.78, 5) is 7.52. The van der Waals surface area contributed by atoms with E-state index in [0.717, 1.165) is 40.7 Å². The van der Waals surface area contributed by atoms with Gasteiger partial charge in [-0.3, -0.25) is 4.98 Å². The van der Waals surface area contributed by atoms with Crippen molar-refractivity contribution in [3.05, 3.63) is 103 Å². The fraction of sp³-hybridized carbons (Fsp3) is 0.161. The van der Waals surface area contributed by atoms with Crippen molar-refractivity contribution in [1.29, 1.82) is 5.26 Å². The van der Waals surface area contributed by atoms with Crippen LogP contribution in [-0.2, 0) is 6.42 Å². The average molecular weight is 504 g/mol. The van der Waals surface area contributed by atoms with Gasteiger partial charge in [-0.15, -0.1) is 0 Å². The molecule has 0 radical (unpaired) electrons. The number of anilines is 2. The zero-order chi connectivity index (χ0) is 26.2. The van der Waals surface area contributed by atoms with E-state index in [9.17, 15) is 5.26 Å². The van der Waals surface area contributed by atoms with Crippen LogP contribution in [0.3, 0.4) is 0 Å². The van der Waals surface area contributed by atoms with Gasteiger partial charge in [-0.05, 0) is 60.5 Å². The Bertz CT molecular complexity index is 1560. The maximum atomic E-state index is 9.82. The molecule has 5 aromatic rings. The Morgan fingerprint density at radius 3 is 2.68 bits per heavy atom. The Hall–Kier alpha value is -4.80. The van der Waals surface area contributed by atoms with E-state index in [1.54, 1.807) is 19.5 Å². The number of nitrogens with one attached hydrogen (secondary N) is 3. The van der Waals surface area contributed by atoms with Gasteiger partial charge in [0.2, 0.25) is 0 Å². The molecule has 38 heavy (non-hydrogen) atoms. The molecule has 0 spiro atoms. The maximum Gasteiger partial charge on any atom is 0.161 e. The third-order valence-corrected chi connectivity index (χ3v) is 6.33. The van der Waals surface area contributed by atoms with Gasteiger partial charge in [0, 0.05) is 47.3 Å². The fourth-order valence-corrected chi connectivity index (χ4v) is 4.37. The van der Waals surface area contributed by atoms with Crippen LogP contribution in [0.25, 0.3) is 22.0 Å². The van der Waals surface area contributed by atoms with Crippen LogP contribution in [0.5, 0.6) is 11.5 Å². The van der Waals surface area contributed by atoms with Crippen molar-refractivity contribution in [1.82, 2.24) is 15.3 Å². The number of aromatic nitrogens is 2.